The number of rotatable bonds is 2. The molecule has 0 aromatic carbocycles. The zero-order valence-corrected chi connectivity index (χ0v) is 10.2. The van der Waals surface area contributed by atoms with Gasteiger partial charge in [-0.15, -0.1) is 16.4 Å². The molecule has 2 atom stereocenters. The molecular formula is C11H15N3O2S. The van der Waals surface area contributed by atoms with E-state index in [1.807, 2.05) is 10.4 Å². The minimum absolute atomic E-state index is 0.00686. The van der Waals surface area contributed by atoms with Gasteiger partial charge in [0.05, 0.1) is 23.6 Å². The third kappa shape index (κ3) is 1.92. The summed E-state index contributed by atoms with van der Waals surface area (Å²) in [7, 11) is 0. The molecular weight excluding hydrogens is 238 g/mol. The Morgan fingerprint density at radius 1 is 1.59 bits per heavy atom. The summed E-state index contributed by atoms with van der Waals surface area (Å²) in [5.41, 5.74) is 6.98. The Hall–Kier alpha value is -1.11. The zero-order valence-electron chi connectivity index (χ0n) is 9.39. The van der Waals surface area contributed by atoms with Gasteiger partial charge in [-0.25, -0.2) is 0 Å². The standard InChI is InChI=1S/C11H15N3O2S/c12-11-9-4-14(16-10(9)6-17-11)8-2-1-7(5-15)13-3-8/h5-8,13H,1-4,12H2/t7?,8-/m0/s1. The first kappa shape index (κ1) is 11.0. The predicted octanol–water partition coefficient (Wildman–Crippen LogP) is 0.759. The molecule has 0 bridgehead atoms. The number of hydrogen-bond acceptors (Lipinski definition) is 6. The molecule has 2 aliphatic rings. The van der Waals surface area contributed by atoms with Crippen molar-refractivity contribution in [2.75, 3.05) is 12.3 Å². The Bertz CT molecular complexity index is 426. The molecule has 3 heterocycles. The van der Waals surface area contributed by atoms with Crippen molar-refractivity contribution in [2.24, 2.45) is 0 Å². The Morgan fingerprint density at radius 2 is 2.47 bits per heavy atom. The lowest BCUT2D eigenvalue weighted by atomic mass is 10.0. The largest absolute Gasteiger partial charge is 0.404 e. The van der Waals surface area contributed by atoms with Crippen molar-refractivity contribution in [3.05, 3.63) is 10.9 Å². The molecule has 1 saturated heterocycles. The van der Waals surface area contributed by atoms with Crippen LogP contribution in [0.5, 0.6) is 5.75 Å². The van der Waals surface area contributed by atoms with Crippen LogP contribution in [0.15, 0.2) is 5.38 Å². The fraction of sp³-hybridized carbons (Fsp3) is 0.545. The van der Waals surface area contributed by atoms with Crippen LogP contribution >= 0.6 is 11.3 Å². The summed E-state index contributed by atoms with van der Waals surface area (Å²) in [6.07, 6.45) is 2.83. The second kappa shape index (κ2) is 4.29. The van der Waals surface area contributed by atoms with Gasteiger partial charge in [0, 0.05) is 17.5 Å². The van der Waals surface area contributed by atoms with Crippen molar-refractivity contribution in [1.82, 2.24) is 10.4 Å². The van der Waals surface area contributed by atoms with E-state index >= 15 is 0 Å². The van der Waals surface area contributed by atoms with E-state index in [1.165, 1.54) is 11.3 Å². The van der Waals surface area contributed by atoms with Crippen LogP contribution in [0, 0.1) is 0 Å². The lowest BCUT2D eigenvalue weighted by Crippen LogP contribution is -2.49. The highest BCUT2D eigenvalue weighted by atomic mass is 32.1. The lowest BCUT2D eigenvalue weighted by Gasteiger charge is -2.32. The molecule has 17 heavy (non-hydrogen) atoms. The maximum absolute atomic E-state index is 10.6. The van der Waals surface area contributed by atoms with Gasteiger partial charge in [0.1, 0.15) is 6.29 Å². The number of aldehydes is 1. The van der Waals surface area contributed by atoms with Crippen molar-refractivity contribution in [3.8, 4) is 5.75 Å². The molecule has 3 N–H and O–H groups in total. The molecule has 0 amide bonds. The van der Waals surface area contributed by atoms with Gasteiger partial charge in [0.25, 0.3) is 0 Å². The molecule has 0 spiro atoms. The Balaban J connectivity index is 1.63. The fourth-order valence-corrected chi connectivity index (χ4v) is 3.08. The van der Waals surface area contributed by atoms with Gasteiger partial charge in [0.2, 0.25) is 0 Å². The summed E-state index contributed by atoms with van der Waals surface area (Å²) in [4.78, 5) is 16.4. The van der Waals surface area contributed by atoms with Crippen LogP contribution in [0.3, 0.4) is 0 Å². The molecule has 5 nitrogen and oxygen atoms in total. The van der Waals surface area contributed by atoms with Crippen LogP contribution in [0.25, 0.3) is 0 Å². The van der Waals surface area contributed by atoms with Crippen molar-refractivity contribution < 1.29 is 9.63 Å². The topological polar surface area (TPSA) is 67.6 Å². The van der Waals surface area contributed by atoms with Crippen molar-refractivity contribution in [3.63, 3.8) is 0 Å². The molecule has 3 rings (SSSR count). The Kier molecular flexibility index (Phi) is 2.78. The highest BCUT2D eigenvalue weighted by Crippen LogP contribution is 2.39. The SMILES string of the molecule is Nc1scc2c1CN([C@H]1CCC(C=O)NC1)O2. The highest BCUT2D eigenvalue weighted by Gasteiger charge is 2.32. The summed E-state index contributed by atoms with van der Waals surface area (Å²) in [6.45, 7) is 1.54. The monoisotopic (exact) mass is 253 g/mol. The third-order valence-electron chi connectivity index (χ3n) is 3.42. The number of nitrogens with one attached hydrogen (secondary N) is 1. The minimum atomic E-state index is 0.00686. The maximum Gasteiger partial charge on any atom is 0.164 e. The quantitative estimate of drug-likeness (QED) is 0.762. The molecule has 6 heteroatoms. The van der Waals surface area contributed by atoms with Crippen molar-refractivity contribution in [1.29, 1.82) is 0 Å². The second-order valence-electron chi connectivity index (χ2n) is 4.49. The van der Waals surface area contributed by atoms with E-state index in [2.05, 4.69) is 5.32 Å². The van der Waals surface area contributed by atoms with E-state index in [4.69, 9.17) is 10.6 Å². The van der Waals surface area contributed by atoms with Crippen LogP contribution < -0.4 is 15.9 Å². The van der Waals surface area contributed by atoms with E-state index in [1.54, 1.807) is 0 Å². The van der Waals surface area contributed by atoms with E-state index in [0.29, 0.717) is 6.04 Å². The number of piperidine rings is 1. The lowest BCUT2D eigenvalue weighted by molar-refractivity contribution is -0.113. The second-order valence-corrected chi connectivity index (χ2v) is 5.40. The van der Waals surface area contributed by atoms with Crippen molar-refractivity contribution in [2.45, 2.75) is 31.5 Å². The normalized spacial score (nSPS) is 28.7. The summed E-state index contributed by atoms with van der Waals surface area (Å²) in [5.74, 6) is 0.894. The van der Waals surface area contributed by atoms with E-state index < -0.39 is 0 Å². The van der Waals surface area contributed by atoms with Gasteiger partial charge in [-0.3, -0.25) is 0 Å². The number of nitrogens with zero attached hydrogens (tertiary/aromatic N) is 1. The number of thiophene rings is 1. The number of hydroxylamine groups is 2. The molecule has 1 aromatic heterocycles. The molecule has 2 aliphatic heterocycles. The third-order valence-corrected chi connectivity index (χ3v) is 4.25. The van der Waals surface area contributed by atoms with Gasteiger partial charge in [0.15, 0.2) is 5.75 Å². The number of nitrogens with two attached hydrogens (primary N) is 1. The molecule has 1 fully saturated rings. The first-order chi connectivity index (χ1) is 8.28. The van der Waals surface area contributed by atoms with E-state index in [0.717, 1.165) is 48.5 Å². The first-order valence-electron chi connectivity index (χ1n) is 5.77. The first-order valence-corrected chi connectivity index (χ1v) is 6.65. The maximum atomic E-state index is 10.6. The summed E-state index contributed by atoms with van der Waals surface area (Å²) in [6, 6.07) is 0.329. The van der Waals surface area contributed by atoms with E-state index in [-0.39, 0.29) is 6.04 Å². The van der Waals surface area contributed by atoms with Gasteiger partial charge >= 0.3 is 0 Å². The number of fused-ring (bicyclic) bond motifs is 1. The molecule has 0 aliphatic carbocycles. The summed E-state index contributed by atoms with van der Waals surface area (Å²) in [5, 5.41) is 7.98. The molecule has 0 radical (unpaired) electrons. The van der Waals surface area contributed by atoms with Gasteiger partial charge in [-0.2, -0.15) is 0 Å². The molecule has 1 aromatic rings. The Labute approximate surface area is 103 Å². The average Bonchev–Trinajstić information content (AvgIpc) is 2.92. The number of hydrogen-bond donors (Lipinski definition) is 2. The number of carbonyl (C=O) groups is 1. The average molecular weight is 253 g/mol. The van der Waals surface area contributed by atoms with Crippen LogP contribution in [0.2, 0.25) is 0 Å². The van der Waals surface area contributed by atoms with E-state index in [9.17, 15) is 4.79 Å². The fourth-order valence-electron chi connectivity index (χ4n) is 2.36. The van der Waals surface area contributed by atoms with Gasteiger partial charge in [-0.1, -0.05) is 0 Å². The van der Waals surface area contributed by atoms with Crippen molar-refractivity contribution >= 4 is 22.6 Å². The van der Waals surface area contributed by atoms with Crippen LogP contribution in [-0.4, -0.2) is 30.0 Å². The molecule has 1 unspecified atom stereocenters. The minimum Gasteiger partial charge on any atom is -0.404 e. The number of carbonyl (C=O) groups excluding carboxylic acids is 1. The van der Waals surface area contributed by atoms with Gasteiger partial charge < -0.3 is 20.7 Å². The number of anilines is 1. The van der Waals surface area contributed by atoms with Crippen LogP contribution in [0.1, 0.15) is 18.4 Å². The summed E-state index contributed by atoms with van der Waals surface area (Å²) >= 11 is 1.52. The predicted molar refractivity (Wildman–Crippen MR) is 65.8 cm³/mol. The highest BCUT2D eigenvalue weighted by molar-refractivity contribution is 7.14. The zero-order chi connectivity index (χ0) is 11.8. The van der Waals surface area contributed by atoms with Crippen LogP contribution in [0.4, 0.5) is 5.00 Å². The van der Waals surface area contributed by atoms with Gasteiger partial charge in [-0.05, 0) is 12.8 Å². The van der Waals surface area contributed by atoms with Crippen LogP contribution in [-0.2, 0) is 11.3 Å². The number of nitrogen functional groups attached to an aromatic ring is 1. The molecule has 92 valence electrons. The molecule has 0 saturated carbocycles. The smallest absolute Gasteiger partial charge is 0.164 e. The summed E-state index contributed by atoms with van der Waals surface area (Å²) < 4.78 is 0. The Morgan fingerprint density at radius 3 is 3.12 bits per heavy atom.